The summed E-state index contributed by atoms with van der Waals surface area (Å²) in [6, 6.07) is 3.44. The molecule has 3 N–H and O–H groups in total. The van der Waals surface area contributed by atoms with E-state index in [-0.39, 0.29) is 17.4 Å². The number of rotatable bonds is 8. The van der Waals surface area contributed by atoms with Gasteiger partial charge in [0.2, 0.25) is 10.0 Å². The lowest BCUT2D eigenvalue weighted by atomic mass is 10.0. The normalized spacial score (nSPS) is 13.6. The van der Waals surface area contributed by atoms with Gasteiger partial charge >= 0.3 is 0 Å². The summed E-state index contributed by atoms with van der Waals surface area (Å²) in [7, 11) is -3.58. The second kappa shape index (κ2) is 7.02. The van der Waals surface area contributed by atoms with Gasteiger partial charge in [-0.15, -0.1) is 0 Å². The van der Waals surface area contributed by atoms with Crippen molar-refractivity contribution in [2.24, 2.45) is 5.92 Å². The summed E-state index contributed by atoms with van der Waals surface area (Å²) in [6.07, 6.45) is 5.52. The molecule has 0 aliphatic heterocycles. The van der Waals surface area contributed by atoms with Crippen molar-refractivity contribution in [2.45, 2.75) is 31.1 Å². The van der Waals surface area contributed by atoms with Gasteiger partial charge in [0, 0.05) is 30.9 Å². The van der Waals surface area contributed by atoms with Crippen LogP contribution in [0, 0.1) is 5.92 Å². The number of aromatic amines is 1. The predicted molar refractivity (Wildman–Crippen MR) is 81.4 cm³/mol. The summed E-state index contributed by atoms with van der Waals surface area (Å²) in [5.74, 6) is 0.151. The van der Waals surface area contributed by atoms with Crippen LogP contribution in [0.1, 0.15) is 26.2 Å². The van der Waals surface area contributed by atoms with Crippen LogP contribution < -0.4 is 4.72 Å². The third-order valence-electron chi connectivity index (χ3n) is 3.50. The van der Waals surface area contributed by atoms with Crippen molar-refractivity contribution in [3.8, 4) is 0 Å². The molecule has 0 amide bonds. The highest BCUT2D eigenvalue weighted by atomic mass is 32.2. The third-order valence-corrected chi connectivity index (χ3v) is 4.96. The Balaban J connectivity index is 2.14. The number of nitrogens with zero attached hydrogens (tertiary/aromatic N) is 1. The first-order valence-electron chi connectivity index (χ1n) is 7.11. The predicted octanol–water partition coefficient (Wildman–Crippen LogP) is 1.64. The van der Waals surface area contributed by atoms with Crippen LogP contribution in [0.4, 0.5) is 0 Å². The molecule has 21 heavy (non-hydrogen) atoms. The number of hydrogen-bond acceptors (Lipinski definition) is 4. The molecule has 0 aliphatic carbocycles. The van der Waals surface area contributed by atoms with Gasteiger partial charge in [0.1, 0.15) is 10.5 Å². The van der Waals surface area contributed by atoms with Crippen LogP contribution in [0.25, 0.3) is 11.0 Å². The molecular formula is C14H21N3O3S. The van der Waals surface area contributed by atoms with Gasteiger partial charge in [-0.2, -0.15) is 0 Å². The summed E-state index contributed by atoms with van der Waals surface area (Å²) < 4.78 is 27.4. The number of nitrogens with one attached hydrogen (secondary N) is 2. The van der Waals surface area contributed by atoms with Gasteiger partial charge in [-0.3, -0.25) is 0 Å². The van der Waals surface area contributed by atoms with E-state index in [4.69, 9.17) is 5.11 Å². The molecule has 1 atom stereocenters. The van der Waals surface area contributed by atoms with Crippen molar-refractivity contribution >= 4 is 21.1 Å². The number of fused-ring (bicyclic) bond motifs is 1. The van der Waals surface area contributed by atoms with Gasteiger partial charge in [-0.05, 0) is 30.9 Å². The first kappa shape index (κ1) is 15.9. The molecule has 6 nitrogen and oxygen atoms in total. The van der Waals surface area contributed by atoms with Gasteiger partial charge in [0.25, 0.3) is 0 Å². The lowest BCUT2D eigenvalue weighted by Crippen LogP contribution is -2.29. The highest BCUT2D eigenvalue weighted by Gasteiger charge is 2.20. The summed E-state index contributed by atoms with van der Waals surface area (Å²) in [4.78, 5) is 7.16. The SMILES string of the molecule is CCCC(CCO)CNS(=O)(=O)c1c[nH]c2ncccc12. The summed E-state index contributed by atoms with van der Waals surface area (Å²) in [5.41, 5.74) is 0.554. The number of pyridine rings is 1. The zero-order chi connectivity index (χ0) is 15.3. The Kier molecular flexibility index (Phi) is 5.33. The lowest BCUT2D eigenvalue weighted by molar-refractivity contribution is 0.251. The number of aliphatic hydroxyl groups excluding tert-OH is 1. The van der Waals surface area contributed by atoms with Crippen molar-refractivity contribution in [3.63, 3.8) is 0 Å². The molecule has 0 saturated carbocycles. The lowest BCUT2D eigenvalue weighted by Gasteiger charge is -2.15. The van der Waals surface area contributed by atoms with Gasteiger partial charge in [-0.1, -0.05) is 13.3 Å². The van der Waals surface area contributed by atoms with Crippen molar-refractivity contribution in [1.29, 1.82) is 0 Å². The molecule has 0 bridgehead atoms. The van der Waals surface area contributed by atoms with Crippen molar-refractivity contribution < 1.29 is 13.5 Å². The van der Waals surface area contributed by atoms with Gasteiger partial charge < -0.3 is 10.1 Å². The Labute approximate surface area is 124 Å². The maximum absolute atomic E-state index is 12.4. The Morgan fingerprint density at radius 2 is 2.24 bits per heavy atom. The zero-order valence-electron chi connectivity index (χ0n) is 12.0. The van der Waals surface area contributed by atoms with Crippen molar-refractivity contribution in [1.82, 2.24) is 14.7 Å². The van der Waals surface area contributed by atoms with E-state index in [0.717, 1.165) is 12.8 Å². The average Bonchev–Trinajstić information content (AvgIpc) is 2.90. The topological polar surface area (TPSA) is 95.1 Å². The molecule has 0 saturated heterocycles. The van der Waals surface area contributed by atoms with E-state index in [1.807, 2.05) is 6.92 Å². The Morgan fingerprint density at radius 1 is 1.43 bits per heavy atom. The summed E-state index contributed by atoms with van der Waals surface area (Å²) >= 11 is 0. The second-order valence-electron chi connectivity index (χ2n) is 5.07. The number of hydrogen-bond donors (Lipinski definition) is 3. The summed E-state index contributed by atoms with van der Waals surface area (Å²) in [5, 5.41) is 9.61. The van der Waals surface area contributed by atoms with E-state index < -0.39 is 10.0 Å². The molecule has 0 aliphatic rings. The maximum Gasteiger partial charge on any atom is 0.242 e. The second-order valence-corrected chi connectivity index (χ2v) is 6.81. The van der Waals surface area contributed by atoms with Gasteiger partial charge in [-0.25, -0.2) is 18.1 Å². The number of aliphatic hydroxyl groups is 1. The quantitative estimate of drug-likeness (QED) is 0.690. The van der Waals surface area contributed by atoms with E-state index in [2.05, 4.69) is 14.7 Å². The van der Waals surface area contributed by atoms with Crippen LogP contribution >= 0.6 is 0 Å². The zero-order valence-corrected chi connectivity index (χ0v) is 12.9. The summed E-state index contributed by atoms with van der Waals surface area (Å²) in [6.45, 7) is 2.46. The van der Waals surface area contributed by atoms with Crippen LogP contribution in [0.15, 0.2) is 29.4 Å². The monoisotopic (exact) mass is 311 g/mol. The van der Waals surface area contributed by atoms with Crippen molar-refractivity contribution in [3.05, 3.63) is 24.5 Å². The molecule has 2 aromatic rings. The van der Waals surface area contributed by atoms with E-state index >= 15 is 0 Å². The molecule has 0 radical (unpaired) electrons. The smallest absolute Gasteiger partial charge is 0.242 e. The average molecular weight is 311 g/mol. The number of H-pyrrole nitrogens is 1. The van der Waals surface area contributed by atoms with Crippen LogP contribution in [-0.4, -0.2) is 36.6 Å². The molecule has 0 fully saturated rings. The van der Waals surface area contributed by atoms with Gasteiger partial charge in [0.05, 0.1) is 0 Å². The fraction of sp³-hybridized carbons (Fsp3) is 0.500. The molecule has 7 heteroatoms. The van der Waals surface area contributed by atoms with E-state index in [1.54, 1.807) is 18.3 Å². The molecule has 0 aromatic carbocycles. The molecule has 2 heterocycles. The maximum atomic E-state index is 12.4. The van der Waals surface area contributed by atoms with Crippen LogP contribution in [0.3, 0.4) is 0 Å². The molecule has 1 unspecified atom stereocenters. The molecule has 2 aromatic heterocycles. The Hall–Kier alpha value is -1.44. The van der Waals surface area contributed by atoms with E-state index in [0.29, 0.717) is 24.0 Å². The number of aromatic nitrogens is 2. The standard InChI is InChI=1S/C14H21N3O3S/c1-2-4-11(6-8-18)9-17-21(19,20)13-10-16-14-12(13)5-3-7-15-14/h3,5,7,10-11,17-18H,2,4,6,8-9H2,1H3,(H,15,16). The van der Waals surface area contributed by atoms with Crippen molar-refractivity contribution in [2.75, 3.05) is 13.2 Å². The van der Waals surface area contributed by atoms with E-state index in [1.165, 1.54) is 6.20 Å². The highest BCUT2D eigenvalue weighted by Crippen LogP contribution is 2.21. The van der Waals surface area contributed by atoms with Gasteiger partial charge in [0.15, 0.2) is 0 Å². The molecule has 2 rings (SSSR count). The minimum Gasteiger partial charge on any atom is -0.396 e. The molecule has 116 valence electrons. The van der Waals surface area contributed by atoms with E-state index in [9.17, 15) is 8.42 Å². The minimum atomic E-state index is -3.58. The first-order valence-corrected chi connectivity index (χ1v) is 8.59. The van der Waals surface area contributed by atoms with Crippen LogP contribution in [-0.2, 0) is 10.0 Å². The van der Waals surface area contributed by atoms with Crippen LogP contribution in [0.5, 0.6) is 0 Å². The third kappa shape index (κ3) is 3.81. The largest absolute Gasteiger partial charge is 0.396 e. The first-order chi connectivity index (χ1) is 10.1. The highest BCUT2D eigenvalue weighted by molar-refractivity contribution is 7.89. The fourth-order valence-electron chi connectivity index (χ4n) is 2.40. The molecular weight excluding hydrogens is 290 g/mol. The Morgan fingerprint density at radius 3 is 2.95 bits per heavy atom. The van der Waals surface area contributed by atoms with Crippen LogP contribution in [0.2, 0.25) is 0 Å². The fourth-order valence-corrected chi connectivity index (χ4v) is 3.68. The molecule has 0 spiro atoms. The minimum absolute atomic E-state index is 0.0728. The Bertz CT molecular complexity index is 676. The number of sulfonamides is 1.